The second-order valence-corrected chi connectivity index (χ2v) is 7.39. The second-order valence-electron chi connectivity index (χ2n) is 7.39. The lowest BCUT2D eigenvalue weighted by Crippen LogP contribution is -2.58. The van der Waals surface area contributed by atoms with Crippen molar-refractivity contribution in [2.75, 3.05) is 53.5 Å². The predicted octanol–water partition coefficient (Wildman–Crippen LogP) is 0.853. The van der Waals surface area contributed by atoms with Gasteiger partial charge in [-0.15, -0.1) is 0 Å². The lowest BCUT2D eigenvalue weighted by Gasteiger charge is -2.40. The van der Waals surface area contributed by atoms with Gasteiger partial charge in [0, 0.05) is 38.3 Å². The molecule has 27 heavy (non-hydrogen) atoms. The van der Waals surface area contributed by atoms with E-state index < -0.39 is 5.60 Å². The quantitative estimate of drug-likeness (QED) is 0.766. The van der Waals surface area contributed by atoms with Crippen molar-refractivity contribution in [3.05, 3.63) is 23.8 Å². The van der Waals surface area contributed by atoms with Gasteiger partial charge in [-0.1, -0.05) is 12.1 Å². The number of benzene rings is 1. The number of ether oxygens (including phenoxy) is 2. The summed E-state index contributed by atoms with van der Waals surface area (Å²) in [5, 5.41) is 14.5. The minimum atomic E-state index is -1.31. The van der Waals surface area contributed by atoms with Crippen LogP contribution in [0.25, 0.3) is 0 Å². The minimum Gasteiger partial charge on any atom is -0.493 e. The molecule has 0 radical (unpaired) electrons. The van der Waals surface area contributed by atoms with E-state index in [1.165, 1.54) is 0 Å². The molecule has 0 bridgehead atoms. The molecule has 3 rings (SSSR count). The summed E-state index contributed by atoms with van der Waals surface area (Å²) in [5.41, 5.74) is -0.428. The summed E-state index contributed by atoms with van der Waals surface area (Å²) in [6, 6.07) is 5.66. The molecule has 2 N–H and O–H groups in total. The van der Waals surface area contributed by atoms with Gasteiger partial charge < -0.3 is 24.8 Å². The Hall–Kier alpha value is -1.83. The maximum atomic E-state index is 13.1. The molecule has 1 aromatic carbocycles. The fraction of sp³-hybridized carbons (Fsp3) is 0.650. The fourth-order valence-electron chi connectivity index (χ4n) is 4.08. The van der Waals surface area contributed by atoms with Crippen LogP contribution in [0, 0.1) is 0 Å². The highest BCUT2D eigenvalue weighted by molar-refractivity contribution is 5.86. The van der Waals surface area contributed by atoms with Gasteiger partial charge in [-0.05, 0) is 38.4 Å². The van der Waals surface area contributed by atoms with Gasteiger partial charge in [-0.25, -0.2) is 0 Å². The number of methoxy groups -OCH3 is 2. The molecule has 1 aromatic rings. The van der Waals surface area contributed by atoms with E-state index in [1.54, 1.807) is 19.1 Å². The number of hydrogen-bond acceptors (Lipinski definition) is 6. The lowest BCUT2D eigenvalue weighted by atomic mass is 9.90. The Labute approximate surface area is 161 Å². The summed E-state index contributed by atoms with van der Waals surface area (Å²) in [4.78, 5) is 17.1. The number of aliphatic hydroxyl groups is 1. The van der Waals surface area contributed by atoms with Crippen LogP contribution >= 0.6 is 0 Å². The number of carbonyl (C=O) groups is 1. The van der Waals surface area contributed by atoms with E-state index in [1.807, 2.05) is 18.2 Å². The molecule has 2 heterocycles. The van der Waals surface area contributed by atoms with Crippen LogP contribution in [0.2, 0.25) is 0 Å². The first-order valence-electron chi connectivity index (χ1n) is 9.72. The first-order valence-corrected chi connectivity index (χ1v) is 9.72. The Morgan fingerprint density at radius 3 is 2.78 bits per heavy atom. The molecule has 0 aromatic heterocycles. The van der Waals surface area contributed by atoms with E-state index in [4.69, 9.17) is 9.47 Å². The van der Waals surface area contributed by atoms with Crippen LogP contribution in [0.1, 0.15) is 24.8 Å². The molecule has 0 spiro atoms. The monoisotopic (exact) mass is 377 g/mol. The molecule has 7 nitrogen and oxygen atoms in total. The van der Waals surface area contributed by atoms with E-state index >= 15 is 0 Å². The molecular weight excluding hydrogens is 346 g/mol. The average Bonchev–Trinajstić information content (AvgIpc) is 2.93. The van der Waals surface area contributed by atoms with Crippen LogP contribution < -0.4 is 14.8 Å². The first-order chi connectivity index (χ1) is 13.1. The van der Waals surface area contributed by atoms with Gasteiger partial charge in [0.05, 0.1) is 14.2 Å². The lowest BCUT2D eigenvalue weighted by molar-refractivity contribution is -0.160. The van der Waals surface area contributed by atoms with E-state index in [0.717, 1.165) is 44.6 Å². The number of hydrogen-bond donors (Lipinski definition) is 2. The van der Waals surface area contributed by atoms with E-state index in [9.17, 15) is 9.90 Å². The third-order valence-electron chi connectivity index (χ3n) is 5.47. The summed E-state index contributed by atoms with van der Waals surface area (Å²) in [6.07, 6.45) is 2.34. The third kappa shape index (κ3) is 4.54. The molecule has 0 unspecified atom stereocenters. The van der Waals surface area contributed by atoms with Gasteiger partial charge in [0.1, 0.15) is 0 Å². The van der Waals surface area contributed by atoms with E-state index in [2.05, 4.69) is 10.2 Å². The van der Waals surface area contributed by atoms with Crippen LogP contribution in [0.4, 0.5) is 0 Å². The Bertz CT molecular complexity index is 646. The Balaban J connectivity index is 1.73. The standard InChI is InChI=1S/C20H31N3O4/c1-26-17-7-3-6-16(18(17)27-2)14-23-12-4-8-20(25,19(23)24)15-22-11-5-9-21-10-13-22/h3,6-7,21,25H,4-5,8-15H2,1-2H3/t20-/m1/s1. The van der Waals surface area contributed by atoms with Crippen molar-refractivity contribution in [2.24, 2.45) is 0 Å². The zero-order valence-electron chi connectivity index (χ0n) is 16.4. The van der Waals surface area contributed by atoms with Crippen molar-refractivity contribution in [3.63, 3.8) is 0 Å². The van der Waals surface area contributed by atoms with Crippen LogP contribution in [0.5, 0.6) is 11.5 Å². The summed E-state index contributed by atoms with van der Waals surface area (Å²) in [6.45, 7) is 5.11. The normalized spacial score (nSPS) is 24.6. The number of piperidine rings is 1. The molecule has 7 heteroatoms. The summed E-state index contributed by atoms with van der Waals surface area (Å²) >= 11 is 0. The summed E-state index contributed by atoms with van der Waals surface area (Å²) in [7, 11) is 3.20. The van der Waals surface area contributed by atoms with Gasteiger partial charge in [0.15, 0.2) is 17.1 Å². The second kappa shape index (κ2) is 8.91. The number of carbonyl (C=O) groups excluding carboxylic acids is 1. The van der Waals surface area contributed by atoms with Crippen molar-refractivity contribution in [1.82, 2.24) is 15.1 Å². The zero-order valence-corrected chi connectivity index (χ0v) is 16.4. The van der Waals surface area contributed by atoms with Gasteiger partial charge in [-0.2, -0.15) is 0 Å². The molecule has 2 fully saturated rings. The number of amides is 1. The molecule has 150 valence electrons. The smallest absolute Gasteiger partial charge is 0.256 e. The average molecular weight is 377 g/mol. The number of nitrogens with zero attached hydrogens (tertiary/aromatic N) is 2. The molecule has 2 aliphatic heterocycles. The highest BCUT2D eigenvalue weighted by atomic mass is 16.5. The predicted molar refractivity (Wildman–Crippen MR) is 103 cm³/mol. The molecule has 0 aliphatic carbocycles. The van der Waals surface area contributed by atoms with Crippen molar-refractivity contribution < 1.29 is 19.4 Å². The van der Waals surface area contributed by atoms with Crippen molar-refractivity contribution in [3.8, 4) is 11.5 Å². The maximum Gasteiger partial charge on any atom is 0.256 e. The first kappa shape index (κ1) is 19.9. The highest BCUT2D eigenvalue weighted by Crippen LogP contribution is 2.33. The van der Waals surface area contributed by atoms with Crippen LogP contribution in [0.15, 0.2) is 18.2 Å². The molecule has 0 saturated carbocycles. The number of rotatable bonds is 6. The molecule has 1 atom stereocenters. The Morgan fingerprint density at radius 1 is 1.15 bits per heavy atom. The number of β-amino-alcohol motifs (C(OH)–C–C–N with tert-alkyl or cyclic N) is 1. The van der Waals surface area contributed by atoms with Crippen LogP contribution in [-0.2, 0) is 11.3 Å². The fourth-order valence-corrected chi connectivity index (χ4v) is 4.08. The molecule has 1 amide bonds. The third-order valence-corrected chi connectivity index (χ3v) is 5.47. The number of nitrogens with one attached hydrogen (secondary N) is 1. The molecule has 2 saturated heterocycles. The minimum absolute atomic E-state index is 0.184. The van der Waals surface area contributed by atoms with Crippen molar-refractivity contribution in [1.29, 1.82) is 0 Å². The highest BCUT2D eigenvalue weighted by Gasteiger charge is 2.43. The van der Waals surface area contributed by atoms with Crippen LogP contribution in [0.3, 0.4) is 0 Å². The largest absolute Gasteiger partial charge is 0.493 e. The van der Waals surface area contributed by atoms with Crippen molar-refractivity contribution in [2.45, 2.75) is 31.4 Å². The van der Waals surface area contributed by atoms with Gasteiger partial charge >= 0.3 is 0 Å². The van der Waals surface area contributed by atoms with E-state index in [-0.39, 0.29) is 5.91 Å². The topological polar surface area (TPSA) is 74.3 Å². The van der Waals surface area contributed by atoms with Crippen LogP contribution in [-0.4, -0.2) is 79.9 Å². The van der Waals surface area contributed by atoms with Gasteiger partial charge in [-0.3, -0.25) is 9.69 Å². The maximum absolute atomic E-state index is 13.1. The van der Waals surface area contributed by atoms with Gasteiger partial charge in [0.2, 0.25) is 0 Å². The molecule has 2 aliphatic rings. The van der Waals surface area contributed by atoms with Gasteiger partial charge in [0.25, 0.3) is 5.91 Å². The Morgan fingerprint density at radius 2 is 2.00 bits per heavy atom. The van der Waals surface area contributed by atoms with E-state index in [0.29, 0.717) is 37.6 Å². The SMILES string of the molecule is COc1cccc(CN2CCC[C@@](O)(CN3CCCNCC3)C2=O)c1OC. The molecular formula is C20H31N3O4. The number of likely N-dealkylation sites (tertiary alicyclic amines) is 1. The zero-order chi connectivity index (χ0) is 19.3. The number of para-hydroxylation sites is 1. The Kier molecular flexibility index (Phi) is 6.57. The summed E-state index contributed by atoms with van der Waals surface area (Å²) in [5.74, 6) is 1.10. The summed E-state index contributed by atoms with van der Waals surface area (Å²) < 4.78 is 10.8. The van der Waals surface area contributed by atoms with Crippen molar-refractivity contribution >= 4 is 5.91 Å².